The van der Waals surface area contributed by atoms with Crippen molar-refractivity contribution in [3.8, 4) is 0 Å². The van der Waals surface area contributed by atoms with Crippen LogP contribution in [0, 0.1) is 11.6 Å². The zero-order chi connectivity index (χ0) is 20.7. The van der Waals surface area contributed by atoms with Gasteiger partial charge in [0.2, 0.25) is 0 Å². The lowest BCUT2D eigenvalue weighted by molar-refractivity contribution is -0.172. The van der Waals surface area contributed by atoms with Crippen LogP contribution in [-0.2, 0) is 0 Å². The number of alkyl halides is 6. The van der Waals surface area contributed by atoms with Gasteiger partial charge in [-0.1, -0.05) is 12.1 Å². The molecule has 0 bridgehead atoms. The summed E-state index contributed by atoms with van der Waals surface area (Å²) < 4.78 is 105. The standard InChI is InChI=1S/C19H9F8N/c20-12-5-1-10(2-6-12)14-9-15(17(18(22,23)24)19(25,26)27)28-16(14)11-3-7-13(21)8-4-11/h1-9H. The second-order valence-electron chi connectivity index (χ2n) is 5.79. The maximum absolute atomic E-state index is 13.2. The van der Waals surface area contributed by atoms with E-state index in [1.54, 1.807) is 0 Å². The Morgan fingerprint density at radius 2 is 1.07 bits per heavy atom. The lowest BCUT2D eigenvalue weighted by atomic mass is 9.96. The average Bonchev–Trinajstić information content (AvgIpc) is 2.97. The fraction of sp³-hybridized carbons (Fsp3) is 0.105. The Morgan fingerprint density at radius 1 is 0.643 bits per heavy atom. The fourth-order valence-corrected chi connectivity index (χ4v) is 2.67. The molecule has 1 aliphatic rings. The van der Waals surface area contributed by atoms with E-state index in [4.69, 9.17) is 0 Å². The van der Waals surface area contributed by atoms with Gasteiger partial charge in [-0.2, -0.15) is 26.3 Å². The molecule has 2 aromatic carbocycles. The summed E-state index contributed by atoms with van der Waals surface area (Å²) in [4.78, 5) is 3.55. The number of aliphatic imine (C=N–C) groups is 1. The first-order valence-electron chi connectivity index (χ1n) is 7.68. The molecule has 0 saturated heterocycles. The normalized spacial score (nSPS) is 14.8. The Balaban J connectivity index is 2.26. The van der Waals surface area contributed by atoms with Gasteiger partial charge in [-0.05, 0) is 48.0 Å². The van der Waals surface area contributed by atoms with E-state index in [2.05, 4.69) is 4.99 Å². The molecule has 0 fully saturated rings. The van der Waals surface area contributed by atoms with Gasteiger partial charge in [0, 0.05) is 11.1 Å². The molecule has 0 atom stereocenters. The van der Waals surface area contributed by atoms with E-state index < -0.39 is 35.3 Å². The van der Waals surface area contributed by atoms with Crippen LogP contribution >= 0.6 is 0 Å². The molecule has 0 aromatic heterocycles. The largest absolute Gasteiger partial charge is 0.423 e. The van der Waals surface area contributed by atoms with Gasteiger partial charge in [-0.25, -0.2) is 13.8 Å². The molecule has 1 aliphatic heterocycles. The molecule has 2 aromatic rings. The lowest BCUT2D eigenvalue weighted by Gasteiger charge is -2.15. The number of allylic oxidation sites excluding steroid dienone is 3. The summed E-state index contributed by atoms with van der Waals surface area (Å²) in [5.74, 6) is -1.28. The molecule has 3 rings (SSSR count). The fourth-order valence-electron chi connectivity index (χ4n) is 2.67. The van der Waals surface area contributed by atoms with Crippen LogP contribution in [0.5, 0.6) is 0 Å². The summed E-state index contributed by atoms with van der Waals surface area (Å²) in [7, 11) is 0. The first-order chi connectivity index (χ1) is 13.0. The van der Waals surface area contributed by atoms with Gasteiger partial charge < -0.3 is 0 Å². The second kappa shape index (κ2) is 6.88. The van der Waals surface area contributed by atoms with Crippen molar-refractivity contribution >= 4 is 11.3 Å². The molecule has 0 N–H and O–H groups in total. The number of halogens is 8. The average molecular weight is 403 g/mol. The predicted molar refractivity (Wildman–Crippen MR) is 86.4 cm³/mol. The summed E-state index contributed by atoms with van der Waals surface area (Å²) in [5, 5.41) is 0. The molecule has 0 amide bonds. The van der Waals surface area contributed by atoms with Gasteiger partial charge >= 0.3 is 12.4 Å². The van der Waals surface area contributed by atoms with Crippen molar-refractivity contribution in [2.45, 2.75) is 12.4 Å². The smallest absolute Gasteiger partial charge is 0.247 e. The van der Waals surface area contributed by atoms with Crippen LogP contribution in [0.25, 0.3) is 5.57 Å². The first kappa shape index (κ1) is 19.8. The SMILES string of the molecule is Fc1ccc(C2=CC(=C(C(F)(F)F)C(F)(F)F)N=C2c2ccc(F)cc2)cc1. The van der Waals surface area contributed by atoms with Crippen molar-refractivity contribution < 1.29 is 35.1 Å². The maximum Gasteiger partial charge on any atom is 0.423 e. The van der Waals surface area contributed by atoms with E-state index >= 15 is 0 Å². The number of hydrogen-bond acceptors (Lipinski definition) is 1. The van der Waals surface area contributed by atoms with Crippen LogP contribution in [0.2, 0.25) is 0 Å². The van der Waals surface area contributed by atoms with E-state index in [-0.39, 0.29) is 22.4 Å². The summed E-state index contributed by atoms with van der Waals surface area (Å²) in [6.07, 6.45) is -10.7. The van der Waals surface area contributed by atoms with Gasteiger partial charge in [0.05, 0.1) is 11.4 Å². The maximum atomic E-state index is 13.2. The Hall–Kier alpha value is -2.97. The second-order valence-corrected chi connectivity index (χ2v) is 5.79. The summed E-state index contributed by atoms with van der Waals surface area (Å²) in [5.41, 5.74) is -4.10. The van der Waals surface area contributed by atoms with Crippen LogP contribution in [-0.4, -0.2) is 18.1 Å². The number of rotatable bonds is 2. The highest BCUT2D eigenvalue weighted by molar-refractivity contribution is 6.34. The highest BCUT2D eigenvalue weighted by atomic mass is 19.4. The zero-order valence-electron chi connectivity index (χ0n) is 13.7. The van der Waals surface area contributed by atoms with Gasteiger partial charge in [-0.15, -0.1) is 0 Å². The zero-order valence-corrected chi connectivity index (χ0v) is 13.7. The van der Waals surface area contributed by atoms with E-state index in [1.807, 2.05) is 0 Å². The van der Waals surface area contributed by atoms with E-state index in [0.717, 1.165) is 24.3 Å². The Labute approximate surface area is 153 Å². The van der Waals surface area contributed by atoms with Crippen molar-refractivity contribution in [3.05, 3.63) is 88.6 Å². The Kier molecular flexibility index (Phi) is 4.86. The van der Waals surface area contributed by atoms with Crippen LogP contribution in [0.3, 0.4) is 0 Å². The monoisotopic (exact) mass is 403 g/mol. The topological polar surface area (TPSA) is 12.4 Å². The lowest BCUT2D eigenvalue weighted by Crippen LogP contribution is -2.27. The summed E-state index contributed by atoms with van der Waals surface area (Å²) >= 11 is 0. The summed E-state index contributed by atoms with van der Waals surface area (Å²) in [6, 6.07) is 8.76. The quantitative estimate of drug-likeness (QED) is 0.527. The molecule has 0 saturated carbocycles. The third-order valence-corrected chi connectivity index (χ3v) is 3.86. The Bertz CT molecular complexity index is 895. The molecule has 9 heteroatoms. The summed E-state index contributed by atoms with van der Waals surface area (Å²) in [6.45, 7) is 0. The van der Waals surface area contributed by atoms with Crippen LogP contribution < -0.4 is 0 Å². The molecular formula is C19H9F8N. The van der Waals surface area contributed by atoms with Gasteiger partial charge in [0.1, 0.15) is 11.6 Å². The van der Waals surface area contributed by atoms with Crippen molar-refractivity contribution in [1.29, 1.82) is 0 Å². The van der Waals surface area contributed by atoms with E-state index in [1.165, 1.54) is 24.3 Å². The Morgan fingerprint density at radius 3 is 1.50 bits per heavy atom. The van der Waals surface area contributed by atoms with Crippen LogP contribution in [0.4, 0.5) is 35.1 Å². The van der Waals surface area contributed by atoms with Crippen molar-refractivity contribution in [2.24, 2.45) is 4.99 Å². The molecule has 1 nitrogen and oxygen atoms in total. The van der Waals surface area contributed by atoms with Gasteiger partial charge in [0.25, 0.3) is 0 Å². The van der Waals surface area contributed by atoms with Crippen molar-refractivity contribution in [1.82, 2.24) is 0 Å². The van der Waals surface area contributed by atoms with Crippen molar-refractivity contribution in [3.63, 3.8) is 0 Å². The van der Waals surface area contributed by atoms with Crippen LogP contribution in [0.15, 0.2) is 70.9 Å². The van der Waals surface area contributed by atoms with E-state index in [0.29, 0.717) is 6.08 Å². The minimum absolute atomic E-state index is 0.0763. The molecule has 0 aliphatic carbocycles. The van der Waals surface area contributed by atoms with Gasteiger partial charge in [-0.3, -0.25) is 0 Å². The molecule has 28 heavy (non-hydrogen) atoms. The molecule has 0 spiro atoms. The number of benzene rings is 2. The minimum Gasteiger partial charge on any atom is -0.247 e. The van der Waals surface area contributed by atoms with E-state index in [9.17, 15) is 35.1 Å². The highest BCUT2D eigenvalue weighted by Gasteiger charge is 2.53. The molecule has 0 radical (unpaired) electrons. The third kappa shape index (κ3) is 3.97. The third-order valence-electron chi connectivity index (χ3n) is 3.86. The molecule has 0 unspecified atom stereocenters. The minimum atomic E-state index is -5.69. The number of nitrogens with zero attached hydrogens (tertiary/aromatic N) is 1. The molecule has 1 heterocycles. The molecule has 146 valence electrons. The van der Waals surface area contributed by atoms with Gasteiger partial charge in [0.15, 0.2) is 5.57 Å². The highest BCUT2D eigenvalue weighted by Crippen LogP contribution is 2.44. The first-order valence-corrected chi connectivity index (χ1v) is 7.68. The predicted octanol–water partition coefficient (Wildman–Crippen LogP) is 6.23. The van der Waals surface area contributed by atoms with Crippen molar-refractivity contribution in [2.75, 3.05) is 0 Å². The van der Waals surface area contributed by atoms with Crippen LogP contribution in [0.1, 0.15) is 11.1 Å². The number of hydrogen-bond donors (Lipinski definition) is 0. The molecular weight excluding hydrogens is 394 g/mol.